The largest absolute Gasteiger partial charge is 0.381 e. The fraction of sp³-hybridized carbons (Fsp3) is 0.611. The van der Waals surface area contributed by atoms with Gasteiger partial charge in [-0.2, -0.15) is 0 Å². The molecule has 0 bridgehead atoms. The molecule has 0 radical (unpaired) electrons. The number of rotatable bonds is 6. The molecule has 2 unspecified atom stereocenters. The van der Waals surface area contributed by atoms with Crippen molar-refractivity contribution >= 4 is 30.1 Å². The van der Waals surface area contributed by atoms with Crippen LogP contribution in [0.5, 0.6) is 0 Å². The van der Waals surface area contributed by atoms with Crippen molar-refractivity contribution in [1.82, 2.24) is 5.32 Å². The summed E-state index contributed by atoms with van der Waals surface area (Å²) >= 11 is 1.84. The quantitative estimate of drug-likeness (QED) is 0.749. The molecule has 24 heavy (non-hydrogen) atoms. The first-order valence-corrected chi connectivity index (χ1v) is 9.25. The summed E-state index contributed by atoms with van der Waals surface area (Å²) in [5.41, 5.74) is 7.23. The Labute approximate surface area is 155 Å². The highest BCUT2D eigenvalue weighted by atomic mass is 35.5. The Kier molecular flexibility index (Phi) is 9.13. The van der Waals surface area contributed by atoms with Crippen molar-refractivity contribution < 1.29 is 9.53 Å². The third kappa shape index (κ3) is 6.28. The van der Waals surface area contributed by atoms with Crippen molar-refractivity contribution in [1.29, 1.82) is 0 Å². The summed E-state index contributed by atoms with van der Waals surface area (Å²) in [5.74, 6) is 0.158. The number of hydrogen-bond donors (Lipinski definition) is 2. The van der Waals surface area contributed by atoms with Gasteiger partial charge in [-0.25, -0.2) is 0 Å². The average molecular weight is 373 g/mol. The van der Waals surface area contributed by atoms with Crippen molar-refractivity contribution in [3.8, 4) is 0 Å². The normalized spacial score (nSPS) is 17.9. The summed E-state index contributed by atoms with van der Waals surface area (Å²) in [6, 6.07) is 7.90. The number of carbonyl (C=O) groups excluding carboxylic acids is 1. The maximum Gasteiger partial charge on any atom is 0.237 e. The number of ether oxygens (including phenoxy) is 1. The molecule has 1 heterocycles. The molecular weight excluding hydrogens is 344 g/mol. The second kappa shape index (κ2) is 10.3. The maximum atomic E-state index is 12.4. The van der Waals surface area contributed by atoms with Gasteiger partial charge in [-0.3, -0.25) is 4.79 Å². The highest BCUT2D eigenvalue weighted by molar-refractivity contribution is 7.99. The lowest BCUT2D eigenvalue weighted by atomic mass is 9.91. The van der Waals surface area contributed by atoms with Crippen LogP contribution in [0.15, 0.2) is 29.2 Å². The summed E-state index contributed by atoms with van der Waals surface area (Å²) in [5, 5.41) is 3.61. The Morgan fingerprint density at radius 3 is 2.33 bits per heavy atom. The maximum absolute atomic E-state index is 12.4. The monoisotopic (exact) mass is 372 g/mol. The van der Waals surface area contributed by atoms with E-state index in [-0.39, 0.29) is 30.3 Å². The molecule has 1 aromatic rings. The van der Waals surface area contributed by atoms with Crippen LogP contribution < -0.4 is 11.1 Å². The molecule has 6 heteroatoms. The standard InChI is InChI=1S/C18H28N2O2S.ClH/c1-12(2)23-16-6-4-14(5-7-16)13(3)20-18(21)17(19)15-8-10-22-11-9-15;/h4-7,12-13,15,17H,8-11,19H2,1-3H3,(H,20,21);1H. The van der Waals surface area contributed by atoms with Crippen molar-refractivity contribution in [3.05, 3.63) is 29.8 Å². The van der Waals surface area contributed by atoms with E-state index in [1.807, 2.05) is 18.7 Å². The molecular formula is C18H29ClN2O2S. The van der Waals surface area contributed by atoms with E-state index in [1.165, 1.54) is 4.90 Å². The van der Waals surface area contributed by atoms with Gasteiger partial charge < -0.3 is 15.8 Å². The van der Waals surface area contributed by atoms with Gasteiger partial charge in [0.25, 0.3) is 0 Å². The van der Waals surface area contributed by atoms with Gasteiger partial charge in [0.2, 0.25) is 5.91 Å². The van der Waals surface area contributed by atoms with Crippen molar-refractivity contribution in [2.45, 2.75) is 55.8 Å². The molecule has 1 amide bonds. The van der Waals surface area contributed by atoms with Gasteiger partial charge in [0.1, 0.15) is 0 Å². The summed E-state index contributed by atoms with van der Waals surface area (Å²) in [6.07, 6.45) is 1.73. The molecule has 1 aromatic carbocycles. The summed E-state index contributed by atoms with van der Waals surface area (Å²) in [6.45, 7) is 7.77. The zero-order chi connectivity index (χ0) is 16.8. The first-order chi connectivity index (χ1) is 11.0. The van der Waals surface area contributed by atoms with Gasteiger partial charge in [0.15, 0.2) is 0 Å². The Hall–Kier alpha value is -0.750. The van der Waals surface area contributed by atoms with E-state index in [9.17, 15) is 4.79 Å². The lowest BCUT2D eigenvalue weighted by Gasteiger charge is -2.28. The van der Waals surface area contributed by atoms with E-state index in [2.05, 4.69) is 43.4 Å². The highest BCUT2D eigenvalue weighted by Crippen LogP contribution is 2.25. The Morgan fingerprint density at radius 2 is 1.79 bits per heavy atom. The predicted octanol–water partition coefficient (Wildman–Crippen LogP) is 3.54. The minimum Gasteiger partial charge on any atom is -0.381 e. The first-order valence-electron chi connectivity index (χ1n) is 8.37. The van der Waals surface area contributed by atoms with Crippen LogP contribution in [0.2, 0.25) is 0 Å². The van der Waals surface area contributed by atoms with E-state index in [1.54, 1.807) is 0 Å². The molecule has 0 saturated carbocycles. The molecule has 3 N–H and O–H groups in total. The Balaban J connectivity index is 0.00000288. The summed E-state index contributed by atoms with van der Waals surface area (Å²) < 4.78 is 5.33. The first kappa shape index (κ1) is 21.3. The van der Waals surface area contributed by atoms with Gasteiger partial charge in [-0.05, 0) is 43.4 Å². The lowest BCUT2D eigenvalue weighted by molar-refractivity contribution is -0.125. The zero-order valence-electron chi connectivity index (χ0n) is 14.7. The number of nitrogens with two attached hydrogens (primary N) is 1. The number of amides is 1. The van der Waals surface area contributed by atoms with Gasteiger partial charge in [0, 0.05) is 23.4 Å². The molecule has 1 aliphatic heterocycles. The van der Waals surface area contributed by atoms with Crippen molar-refractivity contribution in [3.63, 3.8) is 0 Å². The number of carbonyl (C=O) groups is 1. The molecule has 2 atom stereocenters. The zero-order valence-corrected chi connectivity index (χ0v) is 16.3. The fourth-order valence-electron chi connectivity index (χ4n) is 2.79. The summed E-state index contributed by atoms with van der Waals surface area (Å²) in [7, 11) is 0. The molecule has 2 rings (SSSR count). The Bertz CT molecular complexity index is 504. The van der Waals surface area contributed by atoms with Crippen LogP contribution in [-0.4, -0.2) is 30.4 Å². The van der Waals surface area contributed by atoms with Crippen LogP contribution >= 0.6 is 24.2 Å². The average Bonchev–Trinajstić information content (AvgIpc) is 2.55. The van der Waals surface area contributed by atoms with Gasteiger partial charge in [-0.1, -0.05) is 26.0 Å². The molecule has 1 fully saturated rings. The number of nitrogens with one attached hydrogen (secondary N) is 1. The van der Waals surface area contributed by atoms with E-state index < -0.39 is 6.04 Å². The molecule has 0 aliphatic carbocycles. The second-order valence-electron chi connectivity index (χ2n) is 6.44. The lowest BCUT2D eigenvalue weighted by Crippen LogP contribution is -2.47. The summed E-state index contributed by atoms with van der Waals surface area (Å²) in [4.78, 5) is 13.6. The van der Waals surface area contributed by atoms with Crippen LogP contribution in [0.4, 0.5) is 0 Å². The topological polar surface area (TPSA) is 64.4 Å². The minimum atomic E-state index is -0.447. The molecule has 1 saturated heterocycles. The smallest absolute Gasteiger partial charge is 0.237 e. The van der Waals surface area contributed by atoms with Crippen LogP contribution in [0.1, 0.15) is 45.2 Å². The van der Waals surface area contributed by atoms with Crippen LogP contribution in [0.3, 0.4) is 0 Å². The molecule has 136 valence electrons. The van der Waals surface area contributed by atoms with Crippen LogP contribution in [-0.2, 0) is 9.53 Å². The number of halogens is 1. The number of hydrogen-bond acceptors (Lipinski definition) is 4. The molecule has 0 aromatic heterocycles. The molecule has 1 aliphatic rings. The fourth-order valence-corrected chi connectivity index (χ4v) is 3.63. The predicted molar refractivity (Wildman–Crippen MR) is 103 cm³/mol. The van der Waals surface area contributed by atoms with E-state index in [0.29, 0.717) is 18.5 Å². The third-order valence-electron chi connectivity index (χ3n) is 4.19. The third-order valence-corrected chi connectivity index (χ3v) is 5.20. The number of thioether (sulfide) groups is 1. The van der Waals surface area contributed by atoms with Crippen LogP contribution in [0.25, 0.3) is 0 Å². The second-order valence-corrected chi connectivity index (χ2v) is 8.09. The van der Waals surface area contributed by atoms with Crippen molar-refractivity contribution in [2.75, 3.05) is 13.2 Å². The van der Waals surface area contributed by atoms with E-state index in [4.69, 9.17) is 10.5 Å². The van der Waals surface area contributed by atoms with Crippen LogP contribution in [0, 0.1) is 5.92 Å². The molecule has 4 nitrogen and oxygen atoms in total. The van der Waals surface area contributed by atoms with E-state index >= 15 is 0 Å². The SMILES string of the molecule is CC(C)Sc1ccc(C(C)NC(=O)C(N)C2CCOCC2)cc1.Cl. The van der Waals surface area contributed by atoms with Gasteiger partial charge in [0.05, 0.1) is 12.1 Å². The Morgan fingerprint density at radius 1 is 1.21 bits per heavy atom. The minimum absolute atomic E-state index is 0. The van der Waals surface area contributed by atoms with Gasteiger partial charge in [-0.15, -0.1) is 24.2 Å². The van der Waals surface area contributed by atoms with E-state index in [0.717, 1.165) is 18.4 Å². The van der Waals surface area contributed by atoms with Crippen molar-refractivity contribution in [2.24, 2.45) is 11.7 Å². The number of benzene rings is 1. The highest BCUT2D eigenvalue weighted by Gasteiger charge is 2.27. The van der Waals surface area contributed by atoms with Gasteiger partial charge >= 0.3 is 0 Å². The molecule has 0 spiro atoms.